The van der Waals surface area contributed by atoms with Crippen molar-refractivity contribution in [3.05, 3.63) is 35.4 Å². The molecule has 1 aromatic rings. The van der Waals surface area contributed by atoms with Gasteiger partial charge in [-0.2, -0.15) is 0 Å². The first-order chi connectivity index (χ1) is 7.68. The van der Waals surface area contributed by atoms with Gasteiger partial charge in [-0.1, -0.05) is 45.0 Å². The fraction of sp³-hybridized carbons (Fsp3) is 0.538. The number of hydrogen-bond donors (Lipinski definition) is 1. The van der Waals surface area contributed by atoms with Gasteiger partial charge in [-0.25, -0.2) is 13.1 Å². The Balaban J connectivity index is 2.58. The van der Waals surface area contributed by atoms with Crippen LogP contribution >= 0.6 is 0 Å². The molecule has 0 spiro atoms. The third-order valence-electron chi connectivity index (χ3n) is 2.60. The Kier molecular flexibility index (Phi) is 4.33. The Hall–Kier alpha value is -0.870. The Bertz CT molecular complexity index is 455. The van der Waals surface area contributed by atoms with E-state index >= 15 is 0 Å². The van der Waals surface area contributed by atoms with E-state index in [9.17, 15) is 8.42 Å². The van der Waals surface area contributed by atoms with Crippen LogP contribution in [-0.2, 0) is 21.9 Å². The number of hydrogen-bond acceptors (Lipinski definition) is 2. The minimum atomic E-state index is -3.08. The molecule has 0 amide bonds. The summed E-state index contributed by atoms with van der Waals surface area (Å²) >= 11 is 0. The Morgan fingerprint density at radius 2 is 1.65 bits per heavy atom. The van der Waals surface area contributed by atoms with E-state index in [1.54, 1.807) is 0 Å². The molecule has 0 aliphatic rings. The molecule has 4 heteroatoms. The van der Waals surface area contributed by atoms with Gasteiger partial charge in [0.15, 0.2) is 0 Å². The summed E-state index contributed by atoms with van der Waals surface area (Å²) in [5.74, 6) is 0. The van der Waals surface area contributed by atoms with E-state index in [1.165, 1.54) is 11.8 Å². The topological polar surface area (TPSA) is 46.2 Å². The maximum absolute atomic E-state index is 10.9. The van der Waals surface area contributed by atoms with Crippen LogP contribution in [0.2, 0.25) is 0 Å². The number of nitrogens with one attached hydrogen (secondary N) is 1. The van der Waals surface area contributed by atoms with Crippen LogP contribution in [0.5, 0.6) is 0 Å². The molecule has 0 aliphatic heterocycles. The van der Waals surface area contributed by atoms with Crippen LogP contribution in [0.1, 0.15) is 31.9 Å². The first-order valence-electron chi connectivity index (χ1n) is 5.72. The highest BCUT2D eigenvalue weighted by molar-refractivity contribution is 7.88. The molecule has 0 radical (unpaired) electrons. The second-order valence-corrected chi connectivity index (χ2v) is 7.20. The third kappa shape index (κ3) is 5.33. The number of sulfonamides is 1. The quantitative estimate of drug-likeness (QED) is 0.895. The maximum atomic E-state index is 10.9. The predicted octanol–water partition coefficient (Wildman–Crippen LogP) is 2.08. The summed E-state index contributed by atoms with van der Waals surface area (Å²) in [7, 11) is -3.08. The fourth-order valence-electron chi connectivity index (χ4n) is 1.55. The minimum Gasteiger partial charge on any atom is -0.215 e. The Morgan fingerprint density at radius 3 is 2.06 bits per heavy atom. The van der Waals surface area contributed by atoms with Crippen LogP contribution in [0.25, 0.3) is 0 Å². The molecule has 3 nitrogen and oxygen atoms in total. The van der Waals surface area contributed by atoms with E-state index in [2.05, 4.69) is 49.8 Å². The zero-order valence-electron chi connectivity index (χ0n) is 10.9. The zero-order chi connectivity index (χ0) is 13.1. The van der Waals surface area contributed by atoms with E-state index in [0.29, 0.717) is 6.54 Å². The van der Waals surface area contributed by atoms with Crippen molar-refractivity contribution in [2.45, 2.75) is 32.6 Å². The van der Waals surface area contributed by atoms with Gasteiger partial charge in [-0.05, 0) is 23.0 Å². The molecule has 0 bridgehead atoms. The van der Waals surface area contributed by atoms with Gasteiger partial charge < -0.3 is 0 Å². The van der Waals surface area contributed by atoms with Gasteiger partial charge in [-0.15, -0.1) is 0 Å². The average molecular weight is 255 g/mol. The lowest BCUT2D eigenvalue weighted by Crippen LogP contribution is -2.24. The first-order valence-corrected chi connectivity index (χ1v) is 7.62. The van der Waals surface area contributed by atoms with Crippen molar-refractivity contribution in [3.8, 4) is 0 Å². The van der Waals surface area contributed by atoms with Crippen LogP contribution in [0.4, 0.5) is 0 Å². The van der Waals surface area contributed by atoms with Gasteiger partial charge in [0.1, 0.15) is 0 Å². The molecule has 0 saturated heterocycles. The van der Waals surface area contributed by atoms with Crippen molar-refractivity contribution in [1.29, 1.82) is 0 Å². The highest BCUT2D eigenvalue weighted by atomic mass is 32.2. The molecule has 0 fully saturated rings. The van der Waals surface area contributed by atoms with E-state index in [4.69, 9.17) is 0 Å². The van der Waals surface area contributed by atoms with E-state index in [-0.39, 0.29) is 5.41 Å². The molecule has 1 N–H and O–H groups in total. The van der Waals surface area contributed by atoms with Crippen LogP contribution in [-0.4, -0.2) is 21.2 Å². The van der Waals surface area contributed by atoms with Crippen LogP contribution < -0.4 is 4.72 Å². The SMILES string of the molecule is CC(C)(C)c1ccc(CCNS(C)(=O)=O)cc1. The third-order valence-corrected chi connectivity index (χ3v) is 3.33. The largest absolute Gasteiger partial charge is 0.215 e. The highest BCUT2D eigenvalue weighted by Crippen LogP contribution is 2.22. The fourth-order valence-corrected chi connectivity index (χ4v) is 2.03. The lowest BCUT2D eigenvalue weighted by atomic mass is 9.86. The smallest absolute Gasteiger partial charge is 0.208 e. The monoisotopic (exact) mass is 255 g/mol. The molecule has 0 aliphatic carbocycles. The molecule has 0 atom stereocenters. The van der Waals surface area contributed by atoms with E-state index in [1.807, 2.05) is 0 Å². The van der Waals surface area contributed by atoms with E-state index < -0.39 is 10.0 Å². The predicted molar refractivity (Wildman–Crippen MR) is 71.7 cm³/mol. The van der Waals surface area contributed by atoms with Gasteiger partial charge in [0, 0.05) is 6.54 Å². The van der Waals surface area contributed by atoms with Crippen LogP contribution in [0, 0.1) is 0 Å². The van der Waals surface area contributed by atoms with E-state index in [0.717, 1.165) is 12.0 Å². The summed E-state index contributed by atoms with van der Waals surface area (Å²) < 4.78 is 24.3. The van der Waals surface area contributed by atoms with Crippen molar-refractivity contribution in [2.75, 3.05) is 12.8 Å². The van der Waals surface area contributed by atoms with Gasteiger partial charge in [0.25, 0.3) is 0 Å². The second kappa shape index (κ2) is 5.19. The van der Waals surface area contributed by atoms with Crippen molar-refractivity contribution in [3.63, 3.8) is 0 Å². The Labute approximate surface area is 104 Å². The molecular weight excluding hydrogens is 234 g/mol. The van der Waals surface area contributed by atoms with Crippen molar-refractivity contribution in [1.82, 2.24) is 4.72 Å². The van der Waals surface area contributed by atoms with Crippen LogP contribution in [0.15, 0.2) is 24.3 Å². The lowest BCUT2D eigenvalue weighted by Gasteiger charge is -2.19. The minimum absolute atomic E-state index is 0.156. The molecular formula is C13H21NO2S. The first kappa shape index (κ1) is 14.2. The standard InChI is InChI=1S/C13H21NO2S/c1-13(2,3)12-7-5-11(6-8-12)9-10-14-17(4,15)16/h5-8,14H,9-10H2,1-4H3. The zero-order valence-corrected chi connectivity index (χ0v) is 11.8. The van der Waals surface area contributed by atoms with Gasteiger partial charge in [0.2, 0.25) is 10.0 Å². The van der Waals surface area contributed by atoms with Crippen molar-refractivity contribution in [2.24, 2.45) is 0 Å². The number of rotatable bonds is 4. The molecule has 96 valence electrons. The van der Waals surface area contributed by atoms with Gasteiger partial charge in [0.05, 0.1) is 6.26 Å². The molecule has 0 heterocycles. The van der Waals surface area contributed by atoms with Gasteiger partial charge >= 0.3 is 0 Å². The van der Waals surface area contributed by atoms with Crippen molar-refractivity contribution >= 4 is 10.0 Å². The molecule has 17 heavy (non-hydrogen) atoms. The van der Waals surface area contributed by atoms with Crippen LogP contribution in [0.3, 0.4) is 0 Å². The molecule has 0 aromatic heterocycles. The molecule has 1 aromatic carbocycles. The number of benzene rings is 1. The summed E-state index contributed by atoms with van der Waals surface area (Å²) in [5, 5.41) is 0. The summed E-state index contributed by atoms with van der Waals surface area (Å²) in [6.45, 7) is 6.97. The molecule has 1 rings (SSSR count). The lowest BCUT2D eigenvalue weighted by molar-refractivity contribution is 0.587. The second-order valence-electron chi connectivity index (χ2n) is 5.36. The Morgan fingerprint density at radius 1 is 1.12 bits per heavy atom. The highest BCUT2D eigenvalue weighted by Gasteiger charge is 2.12. The summed E-state index contributed by atoms with van der Waals surface area (Å²) in [6.07, 6.45) is 1.90. The normalized spacial score (nSPS) is 12.7. The molecule has 0 saturated carbocycles. The summed E-state index contributed by atoms with van der Waals surface area (Å²) in [6, 6.07) is 8.33. The van der Waals surface area contributed by atoms with Gasteiger partial charge in [-0.3, -0.25) is 0 Å². The van der Waals surface area contributed by atoms with Crippen molar-refractivity contribution < 1.29 is 8.42 Å². The summed E-state index contributed by atoms with van der Waals surface area (Å²) in [5.41, 5.74) is 2.59. The molecule has 0 unspecified atom stereocenters. The maximum Gasteiger partial charge on any atom is 0.208 e. The summed E-state index contributed by atoms with van der Waals surface area (Å²) in [4.78, 5) is 0. The average Bonchev–Trinajstić information content (AvgIpc) is 2.15.